The summed E-state index contributed by atoms with van der Waals surface area (Å²) in [5.41, 5.74) is 0. The van der Waals surface area contributed by atoms with E-state index in [9.17, 15) is 4.79 Å². The van der Waals surface area contributed by atoms with E-state index in [1.165, 1.54) is 193 Å². The third-order valence-corrected chi connectivity index (χ3v) is 9.53. The molecular weight excluding hydrogens is 526 g/mol. The van der Waals surface area contributed by atoms with Crippen LogP contribution in [0.15, 0.2) is 0 Å². The monoisotopic (exact) mass is 609 g/mol. The lowest BCUT2D eigenvalue weighted by atomic mass is 10.0. The van der Waals surface area contributed by atoms with Crippen molar-refractivity contribution in [3.63, 3.8) is 0 Å². The summed E-state index contributed by atoms with van der Waals surface area (Å²) in [5.74, 6) is 0.294. The Morgan fingerprint density at radius 2 is 0.721 bits per heavy atom. The number of likely N-dealkylation sites (N-methyl/N-ethyl adjacent to an activating group) is 1. The normalized spacial score (nSPS) is 11.9. The predicted molar refractivity (Wildman–Crippen MR) is 192 cm³/mol. The predicted octanol–water partition coefficient (Wildman–Crippen LogP) is 12.8. The number of hydrogen-bond donors (Lipinski definition) is 0. The maximum absolute atomic E-state index is 12.2. The second kappa shape index (κ2) is 34.5. The zero-order valence-corrected chi connectivity index (χ0v) is 30.5. The molecule has 3 heteroatoms. The van der Waals surface area contributed by atoms with Crippen LogP contribution >= 0.6 is 0 Å². The van der Waals surface area contributed by atoms with Gasteiger partial charge < -0.3 is 9.22 Å². The number of ether oxygens (including phenoxy) is 1. The SMILES string of the molecule is CCCCCCCCCCCCCCCCCC[N+](C)(C)CCOCC(=O)CCCCCCCCCCCCCCCC. The molecule has 258 valence electrons. The van der Waals surface area contributed by atoms with Crippen molar-refractivity contribution >= 4 is 5.78 Å². The molecule has 43 heavy (non-hydrogen) atoms. The first-order valence-corrected chi connectivity index (χ1v) is 19.9. The van der Waals surface area contributed by atoms with Crippen molar-refractivity contribution in [1.29, 1.82) is 0 Å². The average molecular weight is 609 g/mol. The highest BCUT2D eigenvalue weighted by Crippen LogP contribution is 2.15. The maximum atomic E-state index is 12.2. The lowest BCUT2D eigenvalue weighted by Gasteiger charge is -2.29. The summed E-state index contributed by atoms with van der Waals surface area (Å²) in [6, 6.07) is 0. The summed E-state index contributed by atoms with van der Waals surface area (Å²) < 4.78 is 6.77. The van der Waals surface area contributed by atoms with Gasteiger partial charge in [-0.1, -0.05) is 187 Å². The highest BCUT2D eigenvalue weighted by Gasteiger charge is 2.14. The highest BCUT2D eigenvalue weighted by molar-refractivity contribution is 5.79. The van der Waals surface area contributed by atoms with Crippen LogP contribution in [0.25, 0.3) is 0 Å². The Morgan fingerprint density at radius 1 is 0.419 bits per heavy atom. The fourth-order valence-corrected chi connectivity index (χ4v) is 6.29. The van der Waals surface area contributed by atoms with E-state index in [4.69, 9.17) is 4.74 Å². The molecule has 0 fully saturated rings. The summed E-state index contributed by atoms with van der Waals surface area (Å²) in [5, 5.41) is 0. The van der Waals surface area contributed by atoms with E-state index < -0.39 is 0 Å². The van der Waals surface area contributed by atoms with Crippen LogP contribution in [0.2, 0.25) is 0 Å². The van der Waals surface area contributed by atoms with Gasteiger partial charge in [0.05, 0.1) is 27.2 Å². The second-order valence-corrected chi connectivity index (χ2v) is 14.6. The minimum atomic E-state index is 0.294. The Kier molecular flexibility index (Phi) is 34.1. The first kappa shape index (κ1) is 42.6. The molecule has 0 aliphatic rings. The standard InChI is InChI=1S/C40H82NO2/c1-5-7-9-11-13-15-17-19-21-22-24-26-28-30-32-34-36-41(3,4)37-38-43-39-40(42)35-33-31-29-27-25-23-20-18-16-14-12-10-8-6-2/h5-39H2,1-4H3/q+1. The van der Waals surface area contributed by atoms with Crippen molar-refractivity contribution in [1.82, 2.24) is 0 Å². The Morgan fingerprint density at radius 3 is 1.07 bits per heavy atom. The molecule has 0 aromatic heterocycles. The first-order valence-electron chi connectivity index (χ1n) is 19.9. The van der Waals surface area contributed by atoms with Crippen molar-refractivity contribution in [3.05, 3.63) is 0 Å². The van der Waals surface area contributed by atoms with Crippen molar-refractivity contribution in [2.75, 3.05) is 40.4 Å². The van der Waals surface area contributed by atoms with Crippen molar-refractivity contribution in [2.24, 2.45) is 0 Å². The van der Waals surface area contributed by atoms with Gasteiger partial charge in [0, 0.05) is 6.42 Å². The summed E-state index contributed by atoms with van der Waals surface area (Å²) in [4.78, 5) is 12.2. The Bertz CT molecular complexity index is 547. The molecule has 0 aromatic rings. The molecule has 0 amide bonds. The topological polar surface area (TPSA) is 26.3 Å². The first-order chi connectivity index (χ1) is 21.0. The third-order valence-electron chi connectivity index (χ3n) is 9.53. The third kappa shape index (κ3) is 35.9. The lowest BCUT2D eigenvalue weighted by molar-refractivity contribution is -0.890. The number of hydrogen-bond acceptors (Lipinski definition) is 2. The Hall–Kier alpha value is -0.410. The van der Waals surface area contributed by atoms with Crippen LogP contribution in [0.1, 0.15) is 213 Å². The number of ketones is 1. The van der Waals surface area contributed by atoms with Gasteiger partial charge in [0.25, 0.3) is 0 Å². The van der Waals surface area contributed by atoms with E-state index in [0.717, 1.165) is 17.4 Å². The molecule has 0 N–H and O–H groups in total. The number of nitrogens with zero attached hydrogens (tertiary/aromatic N) is 1. The van der Waals surface area contributed by atoms with Gasteiger partial charge in [0.1, 0.15) is 13.2 Å². The number of quaternary nitrogens is 1. The summed E-state index contributed by atoms with van der Waals surface area (Å²) >= 11 is 0. The number of rotatable bonds is 37. The van der Waals surface area contributed by atoms with Gasteiger partial charge >= 0.3 is 0 Å². The lowest BCUT2D eigenvalue weighted by Crippen LogP contribution is -2.43. The Labute approximate surface area is 272 Å². The van der Waals surface area contributed by atoms with E-state index in [2.05, 4.69) is 27.9 Å². The van der Waals surface area contributed by atoms with Crippen LogP contribution in [-0.2, 0) is 9.53 Å². The zero-order valence-electron chi connectivity index (χ0n) is 30.5. The summed E-state index contributed by atoms with van der Waals surface area (Å²) in [7, 11) is 4.62. The molecule has 0 saturated heterocycles. The van der Waals surface area contributed by atoms with Gasteiger partial charge in [0.15, 0.2) is 5.78 Å². The van der Waals surface area contributed by atoms with Crippen molar-refractivity contribution < 1.29 is 14.0 Å². The molecule has 3 nitrogen and oxygen atoms in total. The van der Waals surface area contributed by atoms with Crippen LogP contribution in [0.5, 0.6) is 0 Å². The molecular formula is C40H82NO2+. The highest BCUT2D eigenvalue weighted by atomic mass is 16.5. The van der Waals surface area contributed by atoms with E-state index in [1.54, 1.807) is 0 Å². The van der Waals surface area contributed by atoms with Crippen LogP contribution in [0, 0.1) is 0 Å². The minimum Gasteiger partial charge on any atom is -0.368 e. The van der Waals surface area contributed by atoms with Crippen molar-refractivity contribution in [3.8, 4) is 0 Å². The van der Waals surface area contributed by atoms with E-state index in [-0.39, 0.29) is 0 Å². The van der Waals surface area contributed by atoms with E-state index in [0.29, 0.717) is 25.4 Å². The second-order valence-electron chi connectivity index (χ2n) is 14.6. The zero-order chi connectivity index (χ0) is 31.5. The average Bonchev–Trinajstić information content (AvgIpc) is 2.99. The largest absolute Gasteiger partial charge is 0.368 e. The van der Waals surface area contributed by atoms with Crippen LogP contribution in [0.4, 0.5) is 0 Å². The molecule has 0 radical (unpaired) electrons. The van der Waals surface area contributed by atoms with Gasteiger partial charge in [-0.25, -0.2) is 0 Å². The fourth-order valence-electron chi connectivity index (χ4n) is 6.29. The number of unbranched alkanes of at least 4 members (excludes halogenated alkanes) is 28. The molecule has 0 bridgehead atoms. The molecule has 0 saturated carbocycles. The number of Topliss-reactive ketones (excluding diaryl/α,β-unsaturated/α-hetero) is 1. The van der Waals surface area contributed by atoms with E-state index in [1.807, 2.05) is 0 Å². The maximum Gasteiger partial charge on any atom is 0.158 e. The smallest absolute Gasteiger partial charge is 0.158 e. The van der Waals surface area contributed by atoms with Gasteiger partial charge in [-0.2, -0.15) is 0 Å². The molecule has 0 spiro atoms. The molecule has 0 atom stereocenters. The summed E-state index contributed by atoms with van der Waals surface area (Å²) in [6.45, 7) is 7.83. The van der Waals surface area contributed by atoms with Crippen molar-refractivity contribution in [2.45, 2.75) is 213 Å². The molecule has 0 heterocycles. The minimum absolute atomic E-state index is 0.294. The fraction of sp³-hybridized carbons (Fsp3) is 0.975. The van der Waals surface area contributed by atoms with E-state index >= 15 is 0 Å². The van der Waals surface area contributed by atoms with Gasteiger partial charge in [-0.05, 0) is 19.3 Å². The van der Waals surface area contributed by atoms with Crippen LogP contribution in [0.3, 0.4) is 0 Å². The Balaban J connectivity index is 3.37. The quantitative estimate of drug-likeness (QED) is 0.0518. The van der Waals surface area contributed by atoms with Gasteiger partial charge in [0.2, 0.25) is 0 Å². The van der Waals surface area contributed by atoms with Gasteiger partial charge in [-0.3, -0.25) is 4.79 Å². The molecule has 0 rings (SSSR count). The summed E-state index contributed by atoms with van der Waals surface area (Å²) in [6.07, 6.45) is 42.5. The number of carbonyl (C=O) groups is 1. The van der Waals surface area contributed by atoms with Crippen LogP contribution < -0.4 is 0 Å². The molecule has 0 aliphatic heterocycles. The number of carbonyl (C=O) groups excluding carboxylic acids is 1. The molecule has 0 aromatic carbocycles. The van der Waals surface area contributed by atoms with Crippen LogP contribution in [-0.4, -0.2) is 50.7 Å². The van der Waals surface area contributed by atoms with Gasteiger partial charge in [-0.15, -0.1) is 0 Å². The molecule has 0 aliphatic carbocycles. The molecule has 0 unspecified atom stereocenters.